The molecule has 2 unspecified atom stereocenters. The maximum Gasteiger partial charge on any atom is 0.326 e. The SMILES string of the molecule is COC1CC(C(=O)O)N(C(=O)NCc2ccsc2)C1. The Hall–Kier alpha value is -1.60. The van der Waals surface area contributed by atoms with E-state index in [-0.39, 0.29) is 12.1 Å². The van der Waals surface area contributed by atoms with Crippen molar-refractivity contribution in [3.8, 4) is 0 Å². The normalized spacial score (nSPS) is 22.5. The summed E-state index contributed by atoms with van der Waals surface area (Å²) in [5.41, 5.74) is 1.01. The van der Waals surface area contributed by atoms with Gasteiger partial charge in [0.05, 0.1) is 6.10 Å². The average Bonchev–Trinajstić information content (AvgIpc) is 3.04. The minimum atomic E-state index is -0.995. The fourth-order valence-corrected chi connectivity index (χ4v) is 2.77. The van der Waals surface area contributed by atoms with E-state index < -0.39 is 12.0 Å². The monoisotopic (exact) mass is 284 g/mol. The van der Waals surface area contributed by atoms with Crippen LogP contribution < -0.4 is 5.32 Å². The summed E-state index contributed by atoms with van der Waals surface area (Å²) in [5, 5.41) is 15.7. The number of thiophene rings is 1. The maximum atomic E-state index is 12.0. The first-order valence-corrected chi connectivity index (χ1v) is 6.87. The molecule has 1 fully saturated rings. The van der Waals surface area contributed by atoms with Crippen molar-refractivity contribution < 1.29 is 19.4 Å². The van der Waals surface area contributed by atoms with Gasteiger partial charge in [0.2, 0.25) is 0 Å². The molecule has 1 saturated heterocycles. The zero-order valence-corrected chi connectivity index (χ0v) is 11.4. The molecule has 2 heterocycles. The number of methoxy groups -OCH3 is 1. The Kier molecular flexibility index (Phi) is 4.39. The van der Waals surface area contributed by atoms with Crippen LogP contribution in [0.15, 0.2) is 16.8 Å². The molecular formula is C12H16N2O4S. The van der Waals surface area contributed by atoms with Gasteiger partial charge in [-0.1, -0.05) is 0 Å². The fraction of sp³-hybridized carbons (Fsp3) is 0.500. The molecule has 7 heteroatoms. The molecule has 104 valence electrons. The molecule has 1 aromatic rings. The summed E-state index contributed by atoms with van der Waals surface area (Å²) in [5.74, 6) is -0.995. The van der Waals surface area contributed by atoms with E-state index >= 15 is 0 Å². The lowest BCUT2D eigenvalue weighted by molar-refractivity contribution is -0.141. The van der Waals surface area contributed by atoms with Crippen LogP contribution in [-0.4, -0.2) is 47.8 Å². The predicted octanol–water partition coefficient (Wildman–Crippen LogP) is 1.13. The molecule has 2 atom stereocenters. The van der Waals surface area contributed by atoms with Crippen LogP contribution in [0.4, 0.5) is 4.79 Å². The summed E-state index contributed by atoms with van der Waals surface area (Å²) in [7, 11) is 1.52. The first-order chi connectivity index (χ1) is 9.11. The number of amides is 2. The topological polar surface area (TPSA) is 78.9 Å². The second kappa shape index (κ2) is 6.03. The Morgan fingerprint density at radius 1 is 1.63 bits per heavy atom. The summed E-state index contributed by atoms with van der Waals surface area (Å²) < 4.78 is 5.14. The van der Waals surface area contributed by atoms with Crippen molar-refractivity contribution in [2.45, 2.75) is 25.1 Å². The van der Waals surface area contributed by atoms with E-state index in [1.165, 1.54) is 12.0 Å². The largest absolute Gasteiger partial charge is 0.480 e. The van der Waals surface area contributed by atoms with Gasteiger partial charge in [-0.15, -0.1) is 0 Å². The molecule has 0 bridgehead atoms. The lowest BCUT2D eigenvalue weighted by Crippen LogP contribution is -2.45. The van der Waals surface area contributed by atoms with E-state index in [1.54, 1.807) is 11.3 Å². The minimum absolute atomic E-state index is 0.215. The minimum Gasteiger partial charge on any atom is -0.480 e. The highest BCUT2D eigenvalue weighted by Crippen LogP contribution is 2.20. The van der Waals surface area contributed by atoms with E-state index in [4.69, 9.17) is 9.84 Å². The number of hydrogen-bond donors (Lipinski definition) is 2. The Morgan fingerprint density at radius 2 is 2.42 bits per heavy atom. The molecule has 0 aromatic carbocycles. The molecule has 0 spiro atoms. The van der Waals surface area contributed by atoms with Crippen LogP contribution in [0.1, 0.15) is 12.0 Å². The molecule has 1 aromatic heterocycles. The van der Waals surface area contributed by atoms with E-state index in [9.17, 15) is 9.59 Å². The third-order valence-corrected chi connectivity index (χ3v) is 3.90. The third kappa shape index (κ3) is 3.24. The molecule has 0 saturated carbocycles. The average molecular weight is 284 g/mol. The van der Waals surface area contributed by atoms with E-state index in [0.717, 1.165) is 5.56 Å². The summed E-state index contributed by atoms with van der Waals surface area (Å²) in [6.07, 6.45) is 0.116. The van der Waals surface area contributed by atoms with Gasteiger partial charge in [-0.2, -0.15) is 11.3 Å². The number of likely N-dealkylation sites (tertiary alicyclic amines) is 1. The van der Waals surface area contributed by atoms with Crippen molar-refractivity contribution >= 4 is 23.3 Å². The van der Waals surface area contributed by atoms with Gasteiger partial charge in [-0.3, -0.25) is 0 Å². The van der Waals surface area contributed by atoms with Crippen LogP contribution in [0.2, 0.25) is 0 Å². The summed E-state index contributed by atoms with van der Waals surface area (Å²) >= 11 is 1.55. The van der Waals surface area contributed by atoms with Gasteiger partial charge < -0.3 is 20.1 Å². The van der Waals surface area contributed by atoms with E-state index in [1.807, 2.05) is 16.8 Å². The number of aliphatic carboxylic acids is 1. The second-order valence-corrected chi connectivity index (χ2v) is 5.17. The molecule has 1 aliphatic heterocycles. The van der Waals surface area contributed by atoms with Crippen molar-refractivity contribution in [1.29, 1.82) is 0 Å². The number of carboxylic acids is 1. The summed E-state index contributed by atoms with van der Waals surface area (Å²) in [6.45, 7) is 0.714. The molecule has 19 heavy (non-hydrogen) atoms. The number of carbonyl (C=O) groups is 2. The van der Waals surface area contributed by atoms with Crippen LogP contribution >= 0.6 is 11.3 Å². The maximum absolute atomic E-state index is 12.0. The molecule has 0 radical (unpaired) electrons. The molecule has 2 rings (SSSR count). The first kappa shape index (κ1) is 13.8. The summed E-state index contributed by atoms with van der Waals surface area (Å²) in [6, 6.07) is 0.743. The molecule has 2 amide bonds. The molecule has 1 aliphatic rings. The number of nitrogens with one attached hydrogen (secondary N) is 1. The highest BCUT2D eigenvalue weighted by molar-refractivity contribution is 7.07. The van der Waals surface area contributed by atoms with Gasteiger partial charge in [0.15, 0.2) is 0 Å². The molecule has 6 nitrogen and oxygen atoms in total. The van der Waals surface area contributed by atoms with Gasteiger partial charge in [0, 0.05) is 26.6 Å². The quantitative estimate of drug-likeness (QED) is 0.868. The van der Waals surface area contributed by atoms with Crippen molar-refractivity contribution in [2.24, 2.45) is 0 Å². The molecular weight excluding hydrogens is 268 g/mol. The van der Waals surface area contributed by atoms with Crippen molar-refractivity contribution in [2.75, 3.05) is 13.7 Å². The Labute approximate surface area is 115 Å². The number of carbonyl (C=O) groups excluding carboxylic acids is 1. The predicted molar refractivity (Wildman–Crippen MR) is 70.1 cm³/mol. The number of carboxylic acid groups (broad SMARTS) is 1. The van der Waals surface area contributed by atoms with Gasteiger partial charge in [0.25, 0.3) is 0 Å². The van der Waals surface area contributed by atoms with Gasteiger partial charge in [-0.25, -0.2) is 9.59 Å². The Balaban J connectivity index is 1.94. The number of ether oxygens (including phenoxy) is 1. The summed E-state index contributed by atoms with van der Waals surface area (Å²) in [4.78, 5) is 24.5. The number of rotatable bonds is 4. The first-order valence-electron chi connectivity index (χ1n) is 5.93. The van der Waals surface area contributed by atoms with Crippen LogP contribution in [0.3, 0.4) is 0 Å². The number of urea groups is 1. The fourth-order valence-electron chi connectivity index (χ4n) is 2.10. The highest BCUT2D eigenvalue weighted by Gasteiger charge is 2.39. The van der Waals surface area contributed by atoms with E-state index in [0.29, 0.717) is 19.5 Å². The Bertz CT molecular complexity index is 449. The molecule has 2 N–H and O–H groups in total. The lowest BCUT2D eigenvalue weighted by Gasteiger charge is -2.21. The number of nitrogens with zero attached hydrogens (tertiary/aromatic N) is 1. The highest BCUT2D eigenvalue weighted by atomic mass is 32.1. The lowest BCUT2D eigenvalue weighted by atomic mass is 10.2. The van der Waals surface area contributed by atoms with Crippen molar-refractivity contribution in [3.05, 3.63) is 22.4 Å². The van der Waals surface area contributed by atoms with Gasteiger partial charge in [-0.05, 0) is 22.4 Å². The standard InChI is InChI=1S/C12H16N2O4S/c1-18-9-4-10(11(15)16)14(6-9)12(17)13-5-8-2-3-19-7-8/h2-3,7,9-10H,4-6H2,1H3,(H,13,17)(H,15,16). The van der Waals surface area contributed by atoms with Crippen molar-refractivity contribution in [3.63, 3.8) is 0 Å². The van der Waals surface area contributed by atoms with Crippen LogP contribution in [-0.2, 0) is 16.1 Å². The molecule has 0 aliphatic carbocycles. The van der Waals surface area contributed by atoms with Gasteiger partial charge in [0.1, 0.15) is 6.04 Å². The van der Waals surface area contributed by atoms with Crippen LogP contribution in [0, 0.1) is 0 Å². The zero-order valence-electron chi connectivity index (χ0n) is 10.5. The van der Waals surface area contributed by atoms with Crippen LogP contribution in [0.25, 0.3) is 0 Å². The Morgan fingerprint density at radius 3 is 3.00 bits per heavy atom. The van der Waals surface area contributed by atoms with E-state index in [2.05, 4.69) is 5.32 Å². The van der Waals surface area contributed by atoms with Crippen LogP contribution in [0.5, 0.6) is 0 Å². The van der Waals surface area contributed by atoms with Crippen molar-refractivity contribution in [1.82, 2.24) is 10.2 Å². The zero-order chi connectivity index (χ0) is 13.8. The second-order valence-electron chi connectivity index (χ2n) is 4.39. The third-order valence-electron chi connectivity index (χ3n) is 3.17. The van der Waals surface area contributed by atoms with Gasteiger partial charge >= 0.3 is 12.0 Å². The number of hydrogen-bond acceptors (Lipinski definition) is 4. The smallest absolute Gasteiger partial charge is 0.326 e.